The van der Waals surface area contributed by atoms with Gasteiger partial charge in [0, 0.05) is 18.4 Å². The van der Waals surface area contributed by atoms with E-state index in [-0.39, 0.29) is 19.1 Å². The van der Waals surface area contributed by atoms with E-state index in [2.05, 4.69) is 44.2 Å². The number of benzene rings is 2. The number of ether oxygens (including phenoxy) is 3. The number of nitriles is 1. The molecule has 0 aliphatic carbocycles. The number of hydrogen-bond acceptors (Lipinski definition) is 7. The van der Waals surface area contributed by atoms with E-state index in [1.54, 1.807) is 6.07 Å². The molecule has 3 N–H and O–H groups in total. The predicted octanol–water partition coefficient (Wildman–Crippen LogP) is 2.98. The van der Waals surface area contributed by atoms with Crippen LogP contribution in [0.3, 0.4) is 0 Å². The summed E-state index contributed by atoms with van der Waals surface area (Å²) in [5.41, 5.74) is 4.12. The highest BCUT2D eigenvalue weighted by Gasteiger charge is 2.39. The Hall–Kier alpha value is -2.47. The molecule has 2 aliphatic heterocycles. The quantitative estimate of drug-likeness (QED) is 0.574. The van der Waals surface area contributed by atoms with Gasteiger partial charge in [0.25, 0.3) is 0 Å². The second-order valence-electron chi connectivity index (χ2n) is 9.49. The molecule has 2 aromatic carbocycles. The van der Waals surface area contributed by atoms with Gasteiger partial charge in [-0.05, 0) is 41.2 Å². The van der Waals surface area contributed by atoms with E-state index < -0.39 is 24.4 Å². The summed E-state index contributed by atoms with van der Waals surface area (Å²) in [5, 5.41) is 40.7. The maximum atomic E-state index is 10.8. The fourth-order valence-electron chi connectivity index (χ4n) is 4.57. The van der Waals surface area contributed by atoms with E-state index >= 15 is 0 Å². The van der Waals surface area contributed by atoms with Crippen LogP contribution >= 0.6 is 0 Å². The lowest BCUT2D eigenvalue weighted by atomic mass is 9.89. The van der Waals surface area contributed by atoms with Crippen LogP contribution in [0.2, 0.25) is 0 Å². The Balaban J connectivity index is 1.72. The molecule has 0 saturated carbocycles. The molecule has 5 atom stereocenters. The van der Waals surface area contributed by atoms with Gasteiger partial charge >= 0.3 is 0 Å². The van der Waals surface area contributed by atoms with Gasteiger partial charge in [-0.25, -0.2) is 0 Å². The van der Waals surface area contributed by atoms with Gasteiger partial charge in [0.05, 0.1) is 43.7 Å². The summed E-state index contributed by atoms with van der Waals surface area (Å²) in [6.45, 7) is 5.07. The summed E-state index contributed by atoms with van der Waals surface area (Å²) in [4.78, 5) is 0. The summed E-state index contributed by atoms with van der Waals surface area (Å²) < 4.78 is 17.6. The molecular formula is C27H33NO6. The summed E-state index contributed by atoms with van der Waals surface area (Å²) in [5.74, 6) is 0.864. The monoisotopic (exact) mass is 467 g/mol. The lowest BCUT2D eigenvalue weighted by Crippen LogP contribution is -2.44. The van der Waals surface area contributed by atoms with Crippen molar-refractivity contribution >= 4 is 0 Å². The topological polar surface area (TPSA) is 112 Å². The van der Waals surface area contributed by atoms with Crippen molar-refractivity contribution in [3.63, 3.8) is 0 Å². The molecule has 2 aliphatic rings. The number of aliphatic hydroxyl groups excluding tert-OH is 3. The van der Waals surface area contributed by atoms with Crippen molar-refractivity contribution in [3.05, 3.63) is 64.2 Å². The molecule has 7 nitrogen and oxygen atoms in total. The molecule has 0 radical (unpaired) electrons. The first kappa shape index (κ1) is 24.6. The van der Waals surface area contributed by atoms with Crippen LogP contribution < -0.4 is 4.74 Å². The smallest absolute Gasteiger partial charge is 0.127 e. The Labute approximate surface area is 200 Å². The first-order valence-electron chi connectivity index (χ1n) is 11.9. The lowest BCUT2D eigenvalue weighted by molar-refractivity contribution is -0.180. The molecule has 0 spiro atoms. The predicted molar refractivity (Wildman–Crippen MR) is 126 cm³/mol. The number of nitrogens with zero attached hydrogens (tertiary/aromatic N) is 1. The van der Waals surface area contributed by atoms with E-state index in [9.17, 15) is 20.6 Å². The highest BCUT2D eigenvalue weighted by Crippen LogP contribution is 2.39. The molecule has 0 bridgehead atoms. The Morgan fingerprint density at radius 1 is 1.18 bits per heavy atom. The van der Waals surface area contributed by atoms with Crippen molar-refractivity contribution in [1.29, 1.82) is 5.26 Å². The normalized spacial score (nSPS) is 27.0. The largest absolute Gasteiger partial charge is 0.487 e. The van der Waals surface area contributed by atoms with Crippen molar-refractivity contribution in [2.75, 3.05) is 19.8 Å². The van der Waals surface area contributed by atoms with Crippen molar-refractivity contribution < 1.29 is 29.5 Å². The molecule has 0 aromatic heterocycles. The molecule has 4 rings (SSSR count). The van der Waals surface area contributed by atoms with Crippen molar-refractivity contribution in [2.24, 2.45) is 0 Å². The van der Waals surface area contributed by atoms with E-state index in [4.69, 9.17) is 14.2 Å². The Morgan fingerprint density at radius 3 is 2.56 bits per heavy atom. The zero-order chi connectivity index (χ0) is 24.2. The minimum atomic E-state index is -1.18. The molecule has 0 amide bonds. The van der Waals surface area contributed by atoms with Crippen molar-refractivity contribution in [2.45, 2.75) is 69.5 Å². The van der Waals surface area contributed by atoms with Gasteiger partial charge in [-0.3, -0.25) is 0 Å². The van der Waals surface area contributed by atoms with Crippen LogP contribution in [0.4, 0.5) is 0 Å². The minimum absolute atomic E-state index is 0.145. The molecule has 0 unspecified atom stereocenters. The third-order valence-electron chi connectivity index (χ3n) is 6.64. The zero-order valence-corrected chi connectivity index (χ0v) is 19.7. The lowest BCUT2D eigenvalue weighted by Gasteiger charge is -2.37. The van der Waals surface area contributed by atoms with E-state index in [0.29, 0.717) is 42.4 Å². The van der Waals surface area contributed by atoms with Crippen molar-refractivity contribution in [1.82, 2.24) is 0 Å². The summed E-state index contributed by atoms with van der Waals surface area (Å²) >= 11 is 0. The third-order valence-corrected chi connectivity index (χ3v) is 6.64. The Morgan fingerprint density at radius 2 is 1.94 bits per heavy atom. The minimum Gasteiger partial charge on any atom is -0.487 e. The highest BCUT2D eigenvalue weighted by atomic mass is 16.6. The van der Waals surface area contributed by atoms with Crippen LogP contribution in [0, 0.1) is 11.3 Å². The number of hydrogen-bond donors (Lipinski definition) is 3. The van der Waals surface area contributed by atoms with Gasteiger partial charge in [0.2, 0.25) is 0 Å². The summed E-state index contributed by atoms with van der Waals surface area (Å²) in [6, 6.07) is 14.1. The Kier molecular flexibility index (Phi) is 7.87. The number of rotatable bonds is 7. The first-order chi connectivity index (χ1) is 16.4. The molecule has 2 aromatic rings. The molecular weight excluding hydrogens is 434 g/mol. The average Bonchev–Trinajstić information content (AvgIpc) is 3.35. The van der Waals surface area contributed by atoms with Crippen LogP contribution in [0.5, 0.6) is 5.75 Å². The molecule has 2 heterocycles. The van der Waals surface area contributed by atoms with Gasteiger partial charge in [0.15, 0.2) is 0 Å². The van der Waals surface area contributed by atoms with Crippen LogP contribution in [-0.2, 0) is 15.9 Å². The van der Waals surface area contributed by atoms with Gasteiger partial charge in [-0.15, -0.1) is 0 Å². The highest BCUT2D eigenvalue weighted by molar-refractivity contribution is 5.51. The second-order valence-corrected chi connectivity index (χ2v) is 9.49. The molecule has 182 valence electrons. The van der Waals surface area contributed by atoms with Gasteiger partial charge in [0.1, 0.15) is 24.1 Å². The SMILES string of the molecule is CC(C)c1ccc(Cc2cc([C@@H]3O[C@H](CO)C[C@H](O)[C@H]3O)c(O[C@H]3CCOC3)cc2C#N)cc1. The summed E-state index contributed by atoms with van der Waals surface area (Å²) in [6.07, 6.45) is -2.50. The van der Waals surface area contributed by atoms with Crippen LogP contribution in [0.25, 0.3) is 0 Å². The average molecular weight is 468 g/mol. The third kappa shape index (κ3) is 5.43. The summed E-state index contributed by atoms with van der Waals surface area (Å²) in [7, 11) is 0. The van der Waals surface area contributed by atoms with Crippen LogP contribution in [-0.4, -0.2) is 59.6 Å². The van der Waals surface area contributed by atoms with E-state index in [1.807, 2.05) is 6.07 Å². The maximum absolute atomic E-state index is 10.8. The second kappa shape index (κ2) is 10.9. The van der Waals surface area contributed by atoms with Gasteiger partial charge < -0.3 is 29.5 Å². The Bertz CT molecular complexity index is 1010. The van der Waals surface area contributed by atoms with Gasteiger partial charge in [-0.1, -0.05) is 38.1 Å². The maximum Gasteiger partial charge on any atom is 0.127 e. The first-order valence-corrected chi connectivity index (χ1v) is 11.9. The van der Waals surface area contributed by atoms with Gasteiger partial charge in [-0.2, -0.15) is 5.26 Å². The van der Waals surface area contributed by atoms with E-state index in [0.717, 1.165) is 17.5 Å². The zero-order valence-electron chi connectivity index (χ0n) is 19.7. The van der Waals surface area contributed by atoms with Crippen molar-refractivity contribution in [3.8, 4) is 11.8 Å². The van der Waals surface area contributed by atoms with E-state index in [1.165, 1.54) is 5.56 Å². The molecule has 34 heavy (non-hydrogen) atoms. The standard InChI is InChI=1S/C27H33NO6/c1-16(2)18-5-3-17(4-6-18)9-19-10-23(27-26(31)24(30)12-22(14-29)34-27)25(11-20(19)13-28)33-21-7-8-32-15-21/h3-6,10-11,16,21-22,24,26-27,29-31H,7-9,12,14-15H2,1-2H3/t21-,22-,24-,26+,27-/m0/s1. The molecule has 7 heteroatoms. The molecule has 2 fully saturated rings. The number of aliphatic hydroxyl groups is 3. The van der Waals surface area contributed by atoms with Crippen LogP contribution in [0.15, 0.2) is 36.4 Å². The van der Waals surface area contributed by atoms with Crippen LogP contribution in [0.1, 0.15) is 66.5 Å². The fraction of sp³-hybridized carbons (Fsp3) is 0.519. The fourth-order valence-corrected chi connectivity index (χ4v) is 4.57. The molecule has 2 saturated heterocycles.